The second-order valence-corrected chi connectivity index (χ2v) is 6.06. The number of anilines is 1. The number of thiazole rings is 1. The van der Waals surface area contributed by atoms with Crippen LogP contribution in [0.25, 0.3) is 10.2 Å². The summed E-state index contributed by atoms with van der Waals surface area (Å²) >= 11 is 7.66. The summed E-state index contributed by atoms with van der Waals surface area (Å²) in [4.78, 5) is 13.1. The first-order valence-electron chi connectivity index (χ1n) is 5.96. The summed E-state index contributed by atoms with van der Waals surface area (Å²) in [6.45, 7) is 0. The lowest BCUT2D eigenvalue weighted by Crippen LogP contribution is -2.21. The van der Waals surface area contributed by atoms with Crippen molar-refractivity contribution in [2.45, 2.75) is 0 Å². The highest BCUT2D eigenvalue weighted by Crippen LogP contribution is 2.27. The number of aromatic nitrogens is 3. The molecule has 0 unspecified atom stereocenters. The van der Waals surface area contributed by atoms with Crippen LogP contribution in [0.15, 0.2) is 29.4 Å². The molecule has 0 aliphatic heterocycles. The number of fused-ring (bicyclic) bond motifs is 1. The van der Waals surface area contributed by atoms with Gasteiger partial charge in [-0.05, 0) is 24.4 Å². The van der Waals surface area contributed by atoms with Crippen LogP contribution in [0, 0.1) is 0 Å². The Morgan fingerprint density at radius 2 is 2.14 bits per heavy atom. The van der Waals surface area contributed by atoms with Crippen LogP contribution in [-0.4, -0.2) is 32.2 Å². The highest BCUT2D eigenvalue weighted by molar-refractivity contribution is 7.81. The molecule has 3 aromatic rings. The van der Waals surface area contributed by atoms with Crippen LogP contribution in [0.5, 0.6) is 5.19 Å². The van der Waals surface area contributed by atoms with Crippen LogP contribution < -0.4 is 10.5 Å². The van der Waals surface area contributed by atoms with Crippen LogP contribution in [0.1, 0.15) is 5.82 Å². The number of thiocarbonyl (C=S) groups is 1. The molecule has 0 fully saturated rings. The number of hydrogen-bond acceptors (Lipinski definition) is 10. The summed E-state index contributed by atoms with van der Waals surface area (Å²) in [7, 11) is 1.40. The Labute approximate surface area is 138 Å². The molecule has 3 rings (SSSR count). The van der Waals surface area contributed by atoms with Crippen LogP contribution in [0.2, 0.25) is 0 Å². The standard InChI is InChI=1S/C12H9N5O2S3/c1-18-16-8(9-15-11(13)22-17-9)10(20)19-12-14-6-4-2-3-5-7(6)21-12/h2-5H,1H3,(H2,13,15,17)/b16-8-. The minimum absolute atomic E-state index is 0.0682. The topological polar surface area (TPSA) is 95.5 Å². The molecule has 0 radical (unpaired) electrons. The molecule has 2 N–H and O–H groups in total. The number of benzene rings is 1. The minimum Gasteiger partial charge on any atom is -0.416 e. The van der Waals surface area contributed by atoms with E-state index in [9.17, 15) is 0 Å². The molecule has 0 atom stereocenters. The number of hydrogen-bond donors (Lipinski definition) is 1. The Bertz CT molecular complexity index is 824. The van der Waals surface area contributed by atoms with Crippen LogP contribution in [0.3, 0.4) is 0 Å². The third-order valence-corrected chi connectivity index (χ3v) is 4.22. The summed E-state index contributed by atoms with van der Waals surface area (Å²) in [6.07, 6.45) is 0. The molecule has 112 valence electrons. The largest absolute Gasteiger partial charge is 0.416 e. The predicted molar refractivity (Wildman–Crippen MR) is 90.7 cm³/mol. The van der Waals surface area contributed by atoms with E-state index in [0.717, 1.165) is 21.7 Å². The zero-order valence-corrected chi connectivity index (χ0v) is 13.7. The maximum Gasteiger partial charge on any atom is 0.280 e. The molecular weight excluding hydrogens is 342 g/mol. The molecule has 10 heteroatoms. The average molecular weight is 351 g/mol. The molecule has 0 spiro atoms. The maximum atomic E-state index is 5.59. The molecule has 0 aliphatic carbocycles. The van der Waals surface area contributed by atoms with Gasteiger partial charge in [-0.15, -0.1) is 0 Å². The van der Waals surface area contributed by atoms with Gasteiger partial charge in [-0.1, -0.05) is 28.6 Å². The van der Waals surface area contributed by atoms with Gasteiger partial charge in [0.25, 0.3) is 5.19 Å². The van der Waals surface area contributed by atoms with Gasteiger partial charge in [0.15, 0.2) is 5.13 Å². The van der Waals surface area contributed by atoms with E-state index in [0.29, 0.717) is 10.3 Å². The van der Waals surface area contributed by atoms with Gasteiger partial charge >= 0.3 is 0 Å². The number of ether oxygens (including phenoxy) is 1. The smallest absolute Gasteiger partial charge is 0.280 e. The van der Waals surface area contributed by atoms with Crippen molar-refractivity contribution in [3.8, 4) is 5.19 Å². The second kappa shape index (κ2) is 6.30. The van der Waals surface area contributed by atoms with Crippen molar-refractivity contribution in [2.75, 3.05) is 12.8 Å². The van der Waals surface area contributed by atoms with Gasteiger partial charge in [-0.3, -0.25) is 0 Å². The first-order chi connectivity index (χ1) is 10.7. The van der Waals surface area contributed by atoms with E-state index in [-0.39, 0.29) is 16.6 Å². The SMILES string of the molecule is CO/N=C(\C(=S)Oc1nc2ccccc2s1)c1nsc(N)n1. The molecule has 0 amide bonds. The van der Waals surface area contributed by atoms with E-state index >= 15 is 0 Å². The summed E-state index contributed by atoms with van der Waals surface area (Å²) in [6, 6.07) is 7.69. The van der Waals surface area contributed by atoms with Gasteiger partial charge < -0.3 is 15.3 Å². The summed E-state index contributed by atoms with van der Waals surface area (Å²) in [5, 5.41) is 4.60. The van der Waals surface area contributed by atoms with Gasteiger partial charge in [0, 0.05) is 11.5 Å². The zero-order chi connectivity index (χ0) is 15.5. The van der Waals surface area contributed by atoms with E-state index in [2.05, 4.69) is 19.5 Å². The van der Waals surface area contributed by atoms with Crippen molar-refractivity contribution in [1.29, 1.82) is 0 Å². The van der Waals surface area contributed by atoms with Gasteiger partial charge in [0.05, 0.1) is 10.2 Å². The molecule has 22 heavy (non-hydrogen) atoms. The number of para-hydroxylation sites is 1. The van der Waals surface area contributed by atoms with Gasteiger partial charge in [0.1, 0.15) is 7.11 Å². The molecule has 1 aromatic carbocycles. The molecule has 7 nitrogen and oxygen atoms in total. The van der Waals surface area contributed by atoms with Crippen LogP contribution in [0.4, 0.5) is 5.13 Å². The Morgan fingerprint density at radius 3 is 2.82 bits per heavy atom. The Hall–Kier alpha value is -2.17. The normalized spacial score (nSPS) is 11.6. The van der Waals surface area contributed by atoms with Gasteiger partial charge in [-0.25, -0.2) is 4.98 Å². The van der Waals surface area contributed by atoms with Gasteiger partial charge in [-0.2, -0.15) is 9.36 Å². The van der Waals surface area contributed by atoms with Gasteiger partial charge in [0.2, 0.25) is 16.6 Å². The van der Waals surface area contributed by atoms with Crippen molar-refractivity contribution in [1.82, 2.24) is 14.3 Å². The molecule has 0 saturated heterocycles. The molecule has 0 bridgehead atoms. The highest BCUT2D eigenvalue weighted by atomic mass is 32.1. The highest BCUT2D eigenvalue weighted by Gasteiger charge is 2.20. The molecular formula is C12H9N5O2S3. The fourth-order valence-electron chi connectivity index (χ4n) is 1.61. The lowest BCUT2D eigenvalue weighted by molar-refractivity contribution is 0.214. The summed E-state index contributed by atoms with van der Waals surface area (Å²) in [5.41, 5.74) is 6.61. The van der Waals surface area contributed by atoms with E-state index in [4.69, 9.17) is 27.5 Å². The number of nitrogens with two attached hydrogens (primary N) is 1. The Kier molecular flexibility index (Phi) is 4.22. The van der Waals surface area contributed by atoms with E-state index in [1.165, 1.54) is 18.4 Å². The summed E-state index contributed by atoms with van der Waals surface area (Å²) < 4.78 is 10.6. The second-order valence-electron chi connectivity index (χ2n) is 3.92. The van der Waals surface area contributed by atoms with Crippen LogP contribution in [-0.2, 0) is 4.84 Å². The molecule has 2 heterocycles. The minimum atomic E-state index is 0.0682. The lowest BCUT2D eigenvalue weighted by Gasteiger charge is -2.03. The molecule has 0 saturated carbocycles. The number of nitrogen functional groups attached to an aromatic ring is 1. The van der Waals surface area contributed by atoms with E-state index in [1.807, 2.05) is 24.3 Å². The lowest BCUT2D eigenvalue weighted by atomic mass is 10.3. The predicted octanol–water partition coefficient (Wildman–Crippen LogP) is 2.49. The fourth-order valence-corrected chi connectivity index (χ4v) is 3.13. The number of nitrogens with zero attached hydrogens (tertiary/aromatic N) is 4. The number of rotatable bonds is 4. The Balaban J connectivity index is 1.86. The van der Waals surface area contributed by atoms with Crippen molar-refractivity contribution < 1.29 is 9.57 Å². The first-order valence-corrected chi connectivity index (χ1v) is 7.95. The maximum absolute atomic E-state index is 5.59. The van der Waals surface area contributed by atoms with Crippen molar-refractivity contribution >= 4 is 61.2 Å². The number of oxime groups is 1. The van der Waals surface area contributed by atoms with Crippen molar-refractivity contribution in [2.24, 2.45) is 5.16 Å². The third kappa shape index (κ3) is 3.03. The van der Waals surface area contributed by atoms with Crippen LogP contribution >= 0.6 is 35.1 Å². The average Bonchev–Trinajstić information content (AvgIpc) is 3.10. The third-order valence-electron chi connectivity index (χ3n) is 2.48. The fraction of sp³-hybridized carbons (Fsp3) is 0.0833. The summed E-state index contributed by atoms with van der Waals surface area (Å²) in [5.74, 6) is 0.260. The van der Waals surface area contributed by atoms with E-state index < -0.39 is 0 Å². The Morgan fingerprint density at radius 1 is 1.32 bits per heavy atom. The molecule has 0 aliphatic rings. The monoisotopic (exact) mass is 351 g/mol. The quantitative estimate of drug-likeness (QED) is 0.438. The zero-order valence-electron chi connectivity index (χ0n) is 11.2. The van der Waals surface area contributed by atoms with E-state index in [1.54, 1.807) is 0 Å². The molecule has 2 aromatic heterocycles. The van der Waals surface area contributed by atoms with Crippen molar-refractivity contribution in [3.05, 3.63) is 30.1 Å². The first kappa shape index (κ1) is 14.8. The van der Waals surface area contributed by atoms with Crippen molar-refractivity contribution in [3.63, 3.8) is 0 Å².